The second-order valence-corrected chi connectivity index (χ2v) is 6.60. The Bertz CT molecular complexity index is 640. The Hall–Kier alpha value is -1.32. The number of nitrogens with zero attached hydrogens (tertiary/aromatic N) is 1. The van der Waals surface area contributed by atoms with Gasteiger partial charge in [0, 0.05) is 19.4 Å². The first-order valence-electron chi connectivity index (χ1n) is 8.32. The highest BCUT2D eigenvalue weighted by Crippen LogP contribution is 2.37. The zero-order valence-corrected chi connectivity index (χ0v) is 15.6. The fourth-order valence-corrected chi connectivity index (χ4v) is 3.00. The van der Waals surface area contributed by atoms with E-state index in [1.807, 2.05) is 0 Å². The van der Waals surface area contributed by atoms with E-state index in [0.29, 0.717) is 28.6 Å². The molecule has 1 aliphatic rings. The molecule has 1 aliphatic heterocycles. The summed E-state index contributed by atoms with van der Waals surface area (Å²) in [5.41, 5.74) is -0.814. The number of esters is 1. The van der Waals surface area contributed by atoms with Crippen LogP contribution in [0.25, 0.3) is 0 Å². The van der Waals surface area contributed by atoms with Crippen molar-refractivity contribution in [3.63, 3.8) is 0 Å². The van der Waals surface area contributed by atoms with Gasteiger partial charge in [0.2, 0.25) is 0 Å². The molecule has 0 aliphatic carbocycles. The number of ether oxygens (including phenoxy) is 3. The minimum atomic E-state index is -1.36. The van der Waals surface area contributed by atoms with Gasteiger partial charge in [0.1, 0.15) is 6.07 Å². The highest BCUT2D eigenvalue weighted by atomic mass is 35.5. The van der Waals surface area contributed by atoms with Crippen LogP contribution >= 0.6 is 23.2 Å². The first-order valence-corrected chi connectivity index (χ1v) is 9.08. The summed E-state index contributed by atoms with van der Waals surface area (Å²) in [4.78, 5) is 11.8. The Labute approximate surface area is 157 Å². The van der Waals surface area contributed by atoms with E-state index in [1.54, 1.807) is 25.1 Å². The Morgan fingerprint density at radius 1 is 1.40 bits per heavy atom. The zero-order chi connectivity index (χ0) is 18.3. The summed E-state index contributed by atoms with van der Waals surface area (Å²) in [6.45, 7) is 2.62. The average molecular weight is 386 g/mol. The minimum Gasteiger partial charge on any atom is -0.466 e. The molecule has 1 aromatic carbocycles. The summed E-state index contributed by atoms with van der Waals surface area (Å²) >= 11 is 12.1. The van der Waals surface area contributed by atoms with E-state index in [4.69, 9.17) is 37.4 Å². The molecule has 2 unspecified atom stereocenters. The maximum atomic E-state index is 11.8. The van der Waals surface area contributed by atoms with Gasteiger partial charge < -0.3 is 14.2 Å². The third kappa shape index (κ3) is 5.32. The molecule has 25 heavy (non-hydrogen) atoms. The molecule has 1 fully saturated rings. The standard InChI is InChI=1S/C18H21Cl2NO4/c1-2-23-16(22)8-9-18(12-21,25-17-5-3-4-10-24-17)13-6-7-14(19)15(20)11-13/h6-7,11,17H,2-5,8-10H2,1H3. The van der Waals surface area contributed by atoms with Crippen LogP contribution in [0.4, 0.5) is 0 Å². The maximum Gasteiger partial charge on any atom is 0.305 e. The van der Waals surface area contributed by atoms with E-state index in [0.717, 1.165) is 12.8 Å². The van der Waals surface area contributed by atoms with Crippen molar-refractivity contribution in [2.24, 2.45) is 0 Å². The average Bonchev–Trinajstić information content (AvgIpc) is 2.62. The van der Waals surface area contributed by atoms with Crippen LogP contribution in [0, 0.1) is 11.3 Å². The van der Waals surface area contributed by atoms with Crippen molar-refractivity contribution < 1.29 is 19.0 Å². The van der Waals surface area contributed by atoms with Crippen molar-refractivity contribution in [2.45, 2.75) is 50.9 Å². The SMILES string of the molecule is CCOC(=O)CCC(C#N)(OC1CCCCO1)c1ccc(Cl)c(Cl)c1. The molecule has 1 heterocycles. The van der Waals surface area contributed by atoms with Crippen LogP contribution < -0.4 is 0 Å². The third-order valence-electron chi connectivity index (χ3n) is 4.02. The van der Waals surface area contributed by atoms with Crippen LogP contribution in [0.1, 0.15) is 44.6 Å². The molecule has 0 saturated carbocycles. The zero-order valence-electron chi connectivity index (χ0n) is 14.1. The summed E-state index contributed by atoms with van der Waals surface area (Å²) in [5, 5.41) is 10.6. The van der Waals surface area contributed by atoms with Gasteiger partial charge >= 0.3 is 5.97 Å². The molecule has 1 saturated heterocycles. The molecule has 0 aromatic heterocycles. The molecular weight excluding hydrogens is 365 g/mol. The van der Waals surface area contributed by atoms with Crippen LogP contribution in [0.2, 0.25) is 10.0 Å². The van der Waals surface area contributed by atoms with Crippen LogP contribution in [0.15, 0.2) is 18.2 Å². The summed E-state index contributed by atoms with van der Waals surface area (Å²) in [5.74, 6) is -0.379. The Morgan fingerprint density at radius 2 is 2.20 bits per heavy atom. The highest BCUT2D eigenvalue weighted by Gasteiger charge is 2.38. The van der Waals surface area contributed by atoms with Crippen LogP contribution in [0.5, 0.6) is 0 Å². The summed E-state index contributed by atoms with van der Waals surface area (Å²) in [6.07, 6.45) is 2.32. The van der Waals surface area contributed by atoms with Crippen molar-refractivity contribution in [1.82, 2.24) is 0 Å². The van der Waals surface area contributed by atoms with Crippen molar-refractivity contribution in [3.8, 4) is 6.07 Å². The summed E-state index contributed by atoms with van der Waals surface area (Å²) in [6, 6.07) is 7.11. The Balaban J connectivity index is 2.28. The van der Waals surface area contributed by atoms with Gasteiger partial charge in [0.05, 0.1) is 16.7 Å². The molecule has 0 spiro atoms. The Morgan fingerprint density at radius 3 is 2.80 bits per heavy atom. The summed E-state index contributed by atoms with van der Waals surface area (Å²) < 4.78 is 16.6. The normalized spacial score (nSPS) is 19.7. The smallest absolute Gasteiger partial charge is 0.305 e. The number of carbonyl (C=O) groups excluding carboxylic acids is 1. The minimum absolute atomic E-state index is 0.0500. The second-order valence-electron chi connectivity index (χ2n) is 5.79. The van der Waals surface area contributed by atoms with Crippen molar-refractivity contribution in [3.05, 3.63) is 33.8 Å². The van der Waals surface area contributed by atoms with Gasteiger partial charge in [-0.2, -0.15) is 5.26 Å². The number of halogens is 2. The van der Waals surface area contributed by atoms with E-state index < -0.39 is 11.9 Å². The molecule has 0 N–H and O–H groups in total. The fraction of sp³-hybridized carbons (Fsp3) is 0.556. The largest absolute Gasteiger partial charge is 0.466 e. The lowest BCUT2D eigenvalue weighted by Crippen LogP contribution is -2.36. The number of nitriles is 1. The molecule has 7 heteroatoms. The van der Waals surface area contributed by atoms with E-state index in [9.17, 15) is 10.1 Å². The molecule has 0 amide bonds. The molecule has 2 rings (SSSR count). The van der Waals surface area contributed by atoms with Crippen LogP contribution in [0.3, 0.4) is 0 Å². The number of hydrogen-bond donors (Lipinski definition) is 0. The molecule has 0 bridgehead atoms. The molecule has 1 aromatic rings. The van der Waals surface area contributed by atoms with Gasteiger partial charge in [-0.25, -0.2) is 0 Å². The molecule has 0 radical (unpaired) electrons. The molecule has 5 nitrogen and oxygen atoms in total. The fourth-order valence-electron chi connectivity index (χ4n) is 2.71. The molecule has 2 atom stereocenters. The lowest BCUT2D eigenvalue weighted by molar-refractivity contribution is -0.215. The lowest BCUT2D eigenvalue weighted by Gasteiger charge is -2.33. The maximum absolute atomic E-state index is 11.8. The van der Waals surface area contributed by atoms with E-state index in [2.05, 4.69) is 6.07 Å². The second kappa shape index (κ2) is 9.40. The number of rotatable bonds is 7. The van der Waals surface area contributed by atoms with Gasteiger partial charge in [-0.15, -0.1) is 0 Å². The van der Waals surface area contributed by atoms with Crippen molar-refractivity contribution >= 4 is 29.2 Å². The Kier molecular flexibility index (Phi) is 7.52. The monoisotopic (exact) mass is 385 g/mol. The van der Waals surface area contributed by atoms with Crippen LogP contribution in [-0.2, 0) is 24.6 Å². The predicted octanol–water partition coefficient (Wildman–Crippen LogP) is 4.60. The van der Waals surface area contributed by atoms with Gasteiger partial charge in [-0.3, -0.25) is 4.79 Å². The molecular formula is C18H21Cl2NO4. The first kappa shape index (κ1) is 20.0. The quantitative estimate of drug-likeness (QED) is 0.641. The van der Waals surface area contributed by atoms with Gasteiger partial charge in [0.15, 0.2) is 11.9 Å². The predicted molar refractivity (Wildman–Crippen MR) is 94.3 cm³/mol. The highest BCUT2D eigenvalue weighted by molar-refractivity contribution is 6.42. The van der Waals surface area contributed by atoms with E-state index in [-0.39, 0.29) is 25.4 Å². The van der Waals surface area contributed by atoms with E-state index >= 15 is 0 Å². The van der Waals surface area contributed by atoms with Crippen molar-refractivity contribution in [1.29, 1.82) is 5.26 Å². The number of hydrogen-bond acceptors (Lipinski definition) is 5. The van der Waals surface area contributed by atoms with Crippen LogP contribution in [-0.4, -0.2) is 25.5 Å². The van der Waals surface area contributed by atoms with Gasteiger partial charge in [-0.1, -0.05) is 29.3 Å². The van der Waals surface area contributed by atoms with E-state index in [1.165, 1.54) is 0 Å². The van der Waals surface area contributed by atoms with Gasteiger partial charge in [0.25, 0.3) is 0 Å². The number of benzene rings is 1. The molecule has 136 valence electrons. The summed E-state index contributed by atoms with van der Waals surface area (Å²) in [7, 11) is 0. The van der Waals surface area contributed by atoms with Gasteiger partial charge in [-0.05, 0) is 43.9 Å². The topological polar surface area (TPSA) is 68.6 Å². The number of carbonyl (C=O) groups is 1. The third-order valence-corrected chi connectivity index (χ3v) is 4.76. The van der Waals surface area contributed by atoms with Crippen molar-refractivity contribution in [2.75, 3.05) is 13.2 Å². The lowest BCUT2D eigenvalue weighted by atomic mass is 9.90. The first-order chi connectivity index (χ1) is 12.0.